The first-order chi connectivity index (χ1) is 11.1. The molecule has 3 aromatic rings. The predicted octanol–water partition coefficient (Wildman–Crippen LogP) is 4.60. The molecule has 0 aliphatic heterocycles. The van der Waals surface area contributed by atoms with Crippen molar-refractivity contribution in [2.24, 2.45) is 0 Å². The molecule has 0 unspecified atom stereocenters. The molecule has 118 valence electrons. The third-order valence-corrected chi connectivity index (χ3v) is 4.19. The number of methoxy groups -OCH3 is 1. The van der Waals surface area contributed by atoms with Gasteiger partial charge in [-0.1, -0.05) is 44.2 Å². The molecular weight excluding hydrogens is 286 g/mol. The van der Waals surface area contributed by atoms with Gasteiger partial charge < -0.3 is 9.30 Å². The lowest BCUT2D eigenvalue weighted by molar-refractivity contribution is 0.0603. The number of fused-ring (bicyclic) bond motifs is 1. The summed E-state index contributed by atoms with van der Waals surface area (Å²) < 4.78 is 7.03. The van der Waals surface area contributed by atoms with E-state index in [2.05, 4.69) is 42.7 Å². The lowest BCUT2D eigenvalue weighted by Gasteiger charge is -2.10. The Labute approximate surface area is 136 Å². The molecule has 0 bridgehead atoms. The van der Waals surface area contributed by atoms with Crippen molar-refractivity contribution in [3.05, 3.63) is 71.4 Å². The Morgan fingerprint density at radius 2 is 1.91 bits per heavy atom. The molecule has 3 rings (SSSR count). The van der Waals surface area contributed by atoms with E-state index in [1.165, 1.54) is 18.2 Å². The summed E-state index contributed by atoms with van der Waals surface area (Å²) in [6, 6.07) is 16.4. The van der Waals surface area contributed by atoms with Gasteiger partial charge in [-0.15, -0.1) is 0 Å². The van der Waals surface area contributed by atoms with Crippen molar-refractivity contribution in [2.45, 2.75) is 26.3 Å². The zero-order chi connectivity index (χ0) is 16.4. The molecule has 0 aliphatic rings. The zero-order valence-electron chi connectivity index (χ0n) is 13.7. The Bertz CT molecular complexity index is 846. The summed E-state index contributed by atoms with van der Waals surface area (Å²) in [4.78, 5) is 11.9. The Balaban J connectivity index is 1.98. The van der Waals surface area contributed by atoms with Gasteiger partial charge in [0.1, 0.15) is 0 Å². The summed E-state index contributed by atoms with van der Waals surface area (Å²) in [6.07, 6.45) is 2.03. The van der Waals surface area contributed by atoms with Crippen LogP contribution in [-0.2, 0) is 11.3 Å². The van der Waals surface area contributed by atoms with Crippen LogP contribution in [-0.4, -0.2) is 17.6 Å². The highest BCUT2D eigenvalue weighted by Crippen LogP contribution is 2.23. The zero-order valence-corrected chi connectivity index (χ0v) is 13.7. The molecule has 0 spiro atoms. The van der Waals surface area contributed by atoms with Gasteiger partial charge in [-0.05, 0) is 35.2 Å². The maximum absolute atomic E-state index is 11.9. The minimum atomic E-state index is -0.296. The second-order valence-corrected chi connectivity index (χ2v) is 6.07. The molecule has 23 heavy (non-hydrogen) atoms. The van der Waals surface area contributed by atoms with Gasteiger partial charge in [0, 0.05) is 23.6 Å². The second kappa shape index (κ2) is 6.29. The molecule has 3 nitrogen and oxygen atoms in total. The third kappa shape index (κ3) is 3.00. The van der Waals surface area contributed by atoms with Gasteiger partial charge in [0.15, 0.2) is 0 Å². The van der Waals surface area contributed by atoms with Crippen LogP contribution in [0.2, 0.25) is 0 Å². The fourth-order valence-corrected chi connectivity index (χ4v) is 2.90. The summed E-state index contributed by atoms with van der Waals surface area (Å²) in [5, 5.41) is 0.930. The highest BCUT2D eigenvalue weighted by atomic mass is 16.5. The molecule has 0 atom stereocenters. The third-order valence-electron chi connectivity index (χ3n) is 4.19. The van der Waals surface area contributed by atoms with Crippen LogP contribution in [0.1, 0.15) is 41.3 Å². The first-order valence-electron chi connectivity index (χ1n) is 7.85. The molecule has 2 aromatic carbocycles. The van der Waals surface area contributed by atoms with Gasteiger partial charge >= 0.3 is 5.97 Å². The van der Waals surface area contributed by atoms with Gasteiger partial charge in [-0.2, -0.15) is 0 Å². The first kappa shape index (κ1) is 15.3. The molecule has 0 fully saturated rings. The van der Waals surface area contributed by atoms with Crippen LogP contribution in [0.5, 0.6) is 0 Å². The van der Waals surface area contributed by atoms with E-state index < -0.39 is 0 Å². The number of hydrogen-bond acceptors (Lipinski definition) is 2. The van der Waals surface area contributed by atoms with Crippen LogP contribution in [0.15, 0.2) is 54.7 Å². The van der Waals surface area contributed by atoms with Crippen molar-refractivity contribution in [1.29, 1.82) is 0 Å². The minimum Gasteiger partial charge on any atom is -0.465 e. The fourth-order valence-electron chi connectivity index (χ4n) is 2.90. The SMILES string of the molecule is COC(=O)c1cccc2c1ccn2Cc1cccc(C(C)C)c1. The Hall–Kier alpha value is -2.55. The number of ether oxygens (including phenoxy) is 1. The van der Waals surface area contributed by atoms with Crippen LogP contribution in [0.25, 0.3) is 10.9 Å². The van der Waals surface area contributed by atoms with Crippen molar-refractivity contribution < 1.29 is 9.53 Å². The highest BCUT2D eigenvalue weighted by molar-refractivity contribution is 6.03. The van der Waals surface area contributed by atoms with Crippen molar-refractivity contribution >= 4 is 16.9 Å². The van der Waals surface area contributed by atoms with E-state index in [1.54, 1.807) is 6.07 Å². The molecule has 0 saturated heterocycles. The monoisotopic (exact) mass is 307 g/mol. The Morgan fingerprint density at radius 1 is 1.13 bits per heavy atom. The van der Waals surface area contributed by atoms with Crippen LogP contribution in [0.4, 0.5) is 0 Å². The normalized spacial score (nSPS) is 11.1. The molecule has 0 amide bonds. The second-order valence-electron chi connectivity index (χ2n) is 6.07. The Kier molecular flexibility index (Phi) is 4.20. The molecule has 1 heterocycles. The summed E-state index contributed by atoms with van der Waals surface area (Å²) in [5.41, 5.74) is 4.26. The number of rotatable bonds is 4. The topological polar surface area (TPSA) is 31.2 Å². The number of hydrogen-bond donors (Lipinski definition) is 0. The van der Waals surface area contributed by atoms with E-state index in [0.717, 1.165) is 17.4 Å². The summed E-state index contributed by atoms with van der Waals surface area (Å²) in [7, 11) is 1.41. The number of carbonyl (C=O) groups excluding carboxylic acids is 1. The number of nitrogens with zero attached hydrogens (tertiary/aromatic N) is 1. The largest absolute Gasteiger partial charge is 0.465 e. The van der Waals surface area contributed by atoms with Crippen LogP contribution < -0.4 is 0 Å². The number of benzene rings is 2. The Morgan fingerprint density at radius 3 is 2.65 bits per heavy atom. The average Bonchev–Trinajstić information content (AvgIpc) is 2.97. The van der Waals surface area contributed by atoms with E-state index in [-0.39, 0.29) is 5.97 Å². The van der Waals surface area contributed by atoms with E-state index in [9.17, 15) is 4.79 Å². The van der Waals surface area contributed by atoms with Crippen molar-refractivity contribution in [3.63, 3.8) is 0 Å². The number of esters is 1. The van der Waals surface area contributed by atoms with Gasteiger partial charge in [0.2, 0.25) is 0 Å². The molecule has 0 aliphatic carbocycles. The van der Waals surface area contributed by atoms with E-state index in [1.807, 2.05) is 24.4 Å². The van der Waals surface area contributed by atoms with Gasteiger partial charge in [0.25, 0.3) is 0 Å². The molecule has 0 saturated carbocycles. The van der Waals surface area contributed by atoms with Crippen LogP contribution in [0, 0.1) is 0 Å². The summed E-state index contributed by atoms with van der Waals surface area (Å²) in [6.45, 7) is 5.19. The maximum Gasteiger partial charge on any atom is 0.338 e. The lowest BCUT2D eigenvalue weighted by atomic mass is 10.0. The molecular formula is C20H21NO2. The van der Waals surface area contributed by atoms with Crippen molar-refractivity contribution in [2.75, 3.05) is 7.11 Å². The van der Waals surface area contributed by atoms with E-state index in [4.69, 9.17) is 4.74 Å². The predicted molar refractivity (Wildman–Crippen MR) is 92.9 cm³/mol. The van der Waals surface area contributed by atoms with Gasteiger partial charge in [0.05, 0.1) is 12.7 Å². The average molecular weight is 307 g/mol. The van der Waals surface area contributed by atoms with Crippen molar-refractivity contribution in [3.8, 4) is 0 Å². The quantitative estimate of drug-likeness (QED) is 0.660. The molecule has 3 heteroatoms. The fraction of sp³-hybridized carbons (Fsp3) is 0.250. The number of carbonyl (C=O) groups is 1. The van der Waals surface area contributed by atoms with Gasteiger partial charge in [-0.25, -0.2) is 4.79 Å². The highest BCUT2D eigenvalue weighted by Gasteiger charge is 2.12. The summed E-state index contributed by atoms with van der Waals surface area (Å²) in [5.74, 6) is 0.220. The lowest BCUT2D eigenvalue weighted by Crippen LogP contribution is -2.02. The van der Waals surface area contributed by atoms with E-state index >= 15 is 0 Å². The van der Waals surface area contributed by atoms with Crippen LogP contribution >= 0.6 is 0 Å². The minimum absolute atomic E-state index is 0.296. The maximum atomic E-state index is 11.9. The van der Waals surface area contributed by atoms with E-state index in [0.29, 0.717) is 11.5 Å². The first-order valence-corrected chi connectivity index (χ1v) is 7.85. The summed E-state index contributed by atoms with van der Waals surface area (Å²) >= 11 is 0. The molecule has 0 radical (unpaired) electrons. The standard InChI is InChI=1S/C20H21NO2/c1-14(2)16-7-4-6-15(12-16)13-21-11-10-17-18(20(22)23-3)8-5-9-19(17)21/h4-12,14H,13H2,1-3H3. The van der Waals surface area contributed by atoms with Crippen molar-refractivity contribution in [1.82, 2.24) is 4.57 Å². The molecule has 0 N–H and O–H groups in total. The smallest absolute Gasteiger partial charge is 0.338 e. The molecule has 1 aromatic heterocycles. The number of aromatic nitrogens is 1. The van der Waals surface area contributed by atoms with Gasteiger partial charge in [-0.3, -0.25) is 0 Å². The van der Waals surface area contributed by atoms with Crippen LogP contribution in [0.3, 0.4) is 0 Å².